The van der Waals surface area contributed by atoms with Gasteiger partial charge in [-0.05, 0) is 5.92 Å². The Kier molecular flexibility index (Phi) is 3.39. The molecule has 0 aromatic rings. The van der Waals surface area contributed by atoms with Crippen LogP contribution < -0.4 is 0 Å². The molecule has 0 aliphatic carbocycles. The van der Waals surface area contributed by atoms with E-state index in [1.165, 1.54) is 0 Å². The zero-order chi connectivity index (χ0) is 7.44. The quantitative estimate of drug-likeness (QED) is 0.554. The number of halogens is 1. The van der Waals surface area contributed by atoms with Crippen molar-refractivity contribution in [2.45, 2.75) is 20.0 Å². The number of nitrogens with one attached hydrogen (secondary N) is 1. The highest BCUT2D eigenvalue weighted by molar-refractivity contribution is 5.87. The minimum Gasteiger partial charge on any atom is -0.384 e. The molecule has 0 aromatic heterocycles. The summed E-state index contributed by atoms with van der Waals surface area (Å²) in [6, 6.07) is 0. The molecular formula is C6H12FNO. The zero-order valence-corrected chi connectivity index (χ0v) is 5.69. The van der Waals surface area contributed by atoms with Crippen molar-refractivity contribution >= 4 is 5.71 Å². The molecule has 1 unspecified atom stereocenters. The topological polar surface area (TPSA) is 44.1 Å². The van der Waals surface area contributed by atoms with Crippen molar-refractivity contribution in [3.05, 3.63) is 0 Å². The van der Waals surface area contributed by atoms with Crippen LogP contribution in [0.4, 0.5) is 4.39 Å². The second kappa shape index (κ2) is 3.56. The lowest BCUT2D eigenvalue weighted by molar-refractivity contribution is 0.195. The van der Waals surface area contributed by atoms with Crippen molar-refractivity contribution in [1.82, 2.24) is 0 Å². The Morgan fingerprint density at radius 1 is 1.67 bits per heavy atom. The Bertz CT molecular complexity index is 103. The summed E-state index contributed by atoms with van der Waals surface area (Å²) in [7, 11) is 0. The van der Waals surface area contributed by atoms with Gasteiger partial charge >= 0.3 is 0 Å². The number of hydrogen-bond donors (Lipinski definition) is 2. The van der Waals surface area contributed by atoms with Crippen LogP contribution in [-0.4, -0.2) is 23.6 Å². The Morgan fingerprint density at radius 2 is 2.11 bits per heavy atom. The average molecular weight is 133 g/mol. The van der Waals surface area contributed by atoms with Gasteiger partial charge in [0.15, 0.2) is 0 Å². The Balaban J connectivity index is 3.73. The van der Waals surface area contributed by atoms with Gasteiger partial charge in [0.05, 0.1) is 0 Å². The van der Waals surface area contributed by atoms with Crippen LogP contribution in [0.15, 0.2) is 0 Å². The number of alkyl halides is 1. The molecule has 2 nitrogen and oxygen atoms in total. The summed E-state index contributed by atoms with van der Waals surface area (Å²) in [5.74, 6) is -0.0595. The molecule has 0 bridgehead atoms. The Labute approximate surface area is 54.2 Å². The molecule has 0 fully saturated rings. The molecule has 0 saturated carbocycles. The second-order valence-electron chi connectivity index (χ2n) is 2.28. The van der Waals surface area contributed by atoms with Gasteiger partial charge in [0.1, 0.15) is 12.8 Å². The number of rotatable bonds is 3. The van der Waals surface area contributed by atoms with E-state index in [0.29, 0.717) is 0 Å². The van der Waals surface area contributed by atoms with E-state index in [1.54, 1.807) is 13.8 Å². The highest BCUT2D eigenvalue weighted by Crippen LogP contribution is 1.99. The predicted octanol–water partition coefficient (Wildman–Crippen LogP) is 0.993. The van der Waals surface area contributed by atoms with Crippen LogP contribution >= 0.6 is 0 Å². The van der Waals surface area contributed by atoms with Gasteiger partial charge in [-0.15, -0.1) is 0 Å². The van der Waals surface area contributed by atoms with Crippen LogP contribution in [0.3, 0.4) is 0 Å². The van der Waals surface area contributed by atoms with Crippen LogP contribution in [0, 0.1) is 11.3 Å². The molecule has 0 amide bonds. The molecule has 54 valence electrons. The minimum atomic E-state index is -1.19. The third-order valence-electron chi connectivity index (χ3n) is 1.13. The molecule has 0 aliphatic rings. The van der Waals surface area contributed by atoms with E-state index >= 15 is 0 Å². The number of aliphatic hydroxyl groups excluding tert-OH is 1. The van der Waals surface area contributed by atoms with E-state index in [9.17, 15) is 4.39 Å². The van der Waals surface area contributed by atoms with Gasteiger partial charge in [0.2, 0.25) is 0 Å². The first-order valence-corrected chi connectivity index (χ1v) is 2.92. The summed E-state index contributed by atoms with van der Waals surface area (Å²) in [4.78, 5) is 0. The van der Waals surface area contributed by atoms with E-state index in [1.807, 2.05) is 0 Å². The lowest BCUT2D eigenvalue weighted by Crippen LogP contribution is -2.25. The standard InChI is InChI=1S/C6H12FNO/c1-4(2)6(8)5(9)3-7/h4-5,8-9H,3H2,1-2H3. The first-order valence-electron chi connectivity index (χ1n) is 2.92. The van der Waals surface area contributed by atoms with Crippen LogP contribution in [0.1, 0.15) is 13.8 Å². The number of aliphatic hydroxyl groups is 1. The SMILES string of the molecule is CC(C)C(=N)C(O)CF. The van der Waals surface area contributed by atoms with Gasteiger partial charge in [-0.1, -0.05) is 13.8 Å². The summed E-state index contributed by atoms with van der Waals surface area (Å²) in [5, 5.41) is 15.8. The van der Waals surface area contributed by atoms with Gasteiger partial charge in [-0.25, -0.2) is 4.39 Å². The third kappa shape index (κ3) is 2.56. The summed E-state index contributed by atoms with van der Waals surface area (Å²) in [6.45, 7) is 2.65. The summed E-state index contributed by atoms with van der Waals surface area (Å²) in [6.07, 6.45) is -1.19. The second-order valence-corrected chi connectivity index (χ2v) is 2.28. The minimum absolute atomic E-state index is 0.0595. The Morgan fingerprint density at radius 3 is 2.22 bits per heavy atom. The van der Waals surface area contributed by atoms with E-state index in [-0.39, 0.29) is 11.6 Å². The van der Waals surface area contributed by atoms with Crippen LogP contribution in [0.5, 0.6) is 0 Å². The maximum atomic E-state index is 11.6. The molecule has 0 rings (SSSR count). The first-order chi connectivity index (χ1) is 4.09. The highest BCUT2D eigenvalue weighted by atomic mass is 19.1. The average Bonchev–Trinajstić information content (AvgIpc) is 1.84. The maximum Gasteiger partial charge on any atom is 0.121 e. The van der Waals surface area contributed by atoms with Crippen LogP contribution in [-0.2, 0) is 0 Å². The molecule has 1 atom stereocenters. The predicted molar refractivity (Wildman–Crippen MR) is 34.5 cm³/mol. The van der Waals surface area contributed by atoms with Gasteiger partial charge < -0.3 is 10.5 Å². The fraction of sp³-hybridized carbons (Fsp3) is 0.833. The van der Waals surface area contributed by atoms with Crippen LogP contribution in [0.2, 0.25) is 0 Å². The molecule has 0 saturated heterocycles. The lowest BCUT2D eigenvalue weighted by Gasteiger charge is -2.10. The number of hydrogen-bond acceptors (Lipinski definition) is 2. The van der Waals surface area contributed by atoms with Crippen molar-refractivity contribution in [3.63, 3.8) is 0 Å². The summed E-state index contributed by atoms with van der Waals surface area (Å²) in [5.41, 5.74) is 0.0671. The van der Waals surface area contributed by atoms with Crippen LogP contribution in [0.25, 0.3) is 0 Å². The van der Waals surface area contributed by atoms with Gasteiger partial charge in [0, 0.05) is 5.71 Å². The first kappa shape index (κ1) is 8.56. The molecule has 9 heavy (non-hydrogen) atoms. The fourth-order valence-electron chi connectivity index (χ4n) is 0.468. The van der Waals surface area contributed by atoms with Crippen molar-refractivity contribution in [1.29, 1.82) is 5.41 Å². The van der Waals surface area contributed by atoms with Crippen molar-refractivity contribution < 1.29 is 9.50 Å². The monoisotopic (exact) mass is 133 g/mol. The normalized spacial score (nSPS) is 13.9. The summed E-state index contributed by atoms with van der Waals surface area (Å²) >= 11 is 0. The molecule has 0 spiro atoms. The maximum absolute atomic E-state index is 11.6. The van der Waals surface area contributed by atoms with E-state index in [4.69, 9.17) is 10.5 Å². The molecule has 0 heterocycles. The summed E-state index contributed by atoms with van der Waals surface area (Å²) < 4.78 is 11.6. The van der Waals surface area contributed by atoms with Crippen molar-refractivity contribution in [3.8, 4) is 0 Å². The molecule has 0 aromatic carbocycles. The van der Waals surface area contributed by atoms with Crippen molar-refractivity contribution in [2.24, 2.45) is 5.92 Å². The fourth-order valence-corrected chi connectivity index (χ4v) is 0.468. The molecule has 0 radical (unpaired) electrons. The third-order valence-corrected chi connectivity index (χ3v) is 1.13. The molecular weight excluding hydrogens is 121 g/mol. The molecule has 2 N–H and O–H groups in total. The van der Waals surface area contributed by atoms with E-state index in [2.05, 4.69) is 0 Å². The van der Waals surface area contributed by atoms with Gasteiger partial charge in [-0.2, -0.15) is 0 Å². The largest absolute Gasteiger partial charge is 0.384 e. The zero-order valence-electron chi connectivity index (χ0n) is 5.69. The van der Waals surface area contributed by atoms with E-state index in [0.717, 1.165) is 0 Å². The highest BCUT2D eigenvalue weighted by Gasteiger charge is 2.12. The van der Waals surface area contributed by atoms with E-state index < -0.39 is 12.8 Å². The Hall–Kier alpha value is -0.440. The van der Waals surface area contributed by atoms with Gasteiger partial charge in [0.25, 0.3) is 0 Å². The smallest absolute Gasteiger partial charge is 0.121 e. The molecule has 0 aliphatic heterocycles. The molecule has 3 heteroatoms. The lowest BCUT2D eigenvalue weighted by atomic mass is 10.0. The van der Waals surface area contributed by atoms with Crippen molar-refractivity contribution in [2.75, 3.05) is 6.67 Å². The van der Waals surface area contributed by atoms with Gasteiger partial charge in [-0.3, -0.25) is 0 Å².